The lowest BCUT2D eigenvalue weighted by Gasteiger charge is -2.09. The first-order chi connectivity index (χ1) is 7.34. The maximum absolute atomic E-state index is 9.76. The predicted molar refractivity (Wildman–Crippen MR) is 65.2 cm³/mol. The fourth-order valence-corrected chi connectivity index (χ4v) is 2.70. The Morgan fingerprint density at radius 1 is 1.40 bits per heavy atom. The molecule has 1 aliphatic carbocycles. The molecule has 0 saturated heterocycles. The highest BCUT2D eigenvalue weighted by Crippen LogP contribution is 2.34. The fraction of sp³-hybridized carbons (Fsp3) is 0.692. The Morgan fingerprint density at radius 3 is 2.93 bits per heavy atom. The normalized spacial score (nSPS) is 17.9. The Hall–Kier alpha value is -0.340. The molecular formula is C13H20OS. The van der Waals surface area contributed by atoms with Crippen molar-refractivity contribution in [1.82, 2.24) is 0 Å². The highest BCUT2D eigenvalue weighted by molar-refractivity contribution is 7.09. The van der Waals surface area contributed by atoms with Gasteiger partial charge in [-0.25, -0.2) is 0 Å². The van der Waals surface area contributed by atoms with Crippen LogP contribution < -0.4 is 0 Å². The number of thiophene rings is 1. The van der Waals surface area contributed by atoms with E-state index >= 15 is 0 Å². The van der Waals surface area contributed by atoms with Gasteiger partial charge in [0.05, 0.1) is 6.10 Å². The van der Waals surface area contributed by atoms with Crippen molar-refractivity contribution in [1.29, 1.82) is 0 Å². The quantitative estimate of drug-likeness (QED) is 0.750. The number of hydrogen-bond acceptors (Lipinski definition) is 2. The summed E-state index contributed by atoms with van der Waals surface area (Å²) in [6, 6.07) is 4.28. The summed E-state index contributed by atoms with van der Waals surface area (Å²) in [6.07, 6.45) is 8.28. The van der Waals surface area contributed by atoms with Gasteiger partial charge >= 0.3 is 0 Å². The number of aliphatic hydroxyl groups excluding tert-OH is 1. The molecule has 1 N–H and O–H groups in total. The number of rotatable bonds is 7. The Bertz CT molecular complexity index is 264. The van der Waals surface area contributed by atoms with E-state index in [1.165, 1.54) is 24.1 Å². The van der Waals surface area contributed by atoms with E-state index in [2.05, 4.69) is 17.5 Å². The van der Waals surface area contributed by atoms with Gasteiger partial charge in [0.25, 0.3) is 0 Å². The van der Waals surface area contributed by atoms with Crippen LogP contribution in [0.5, 0.6) is 0 Å². The summed E-state index contributed by atoms with van der Waals surface area (Å²) < 4.78 is 0. The van der Waals surface area contributed by atoms with E-state index in [-0.39, 0.29) is 6.10 Å². The molecule has 1 saturated carbocycles. The molecule has 0 amide bonds. The zero-order chi connectivity index (χ0) is 10.5. The molecule has 1 heterocycles. The lowest BCUT2D eigenvalue weighted by atomic mass is 10.1. The summed E-state index contributed by atoms with van der Waals surface area (Å²) >= 11 is 1.82. The first kappa shape index (κ1) is 11.2. The maximum atomic E-state index is 9.76. The number of aryl methyl sites for hydroxylation is 1. The van der Waals surface area contributed by atoms with Gasteiger partial charge in [-0.2, -0.15) is 0 Å². The second-order valence-corrected chi connectivity index (χ2v) is 5.68. The van der Waals surface area contributed by atoms with Crippen LogP contribution in [-0.2, 0) is 6.42 Å². The molecule has 84 valence electrons. The molecule has 1 atom stereocenters. The smallest absolute Gasteiger partial charge is 0.0540 e. The molecule has 1 unspecified atom stereocenters. The molecule has 1 aromatic rings. The van der Waals surface area contributed by atoms with Crippen LogP contribution in [0.4, 0.5) is 0 Å². The highest BCUT2D eigenvalue weighted by atomic mass is 32.1. The molecular weight excluding hydrogens is 204 g/mol. The van der Waals surface area contributed by atoms with Crippen molar-refractivity contribution in [3.63, 3.8) is 0 Å². The van der Waals surface area contributed by atoms with Crippen molar-refractivity contribution in [3.8, 4) is 0 Å². The van der Waals surface area contributed by atoms with Crippen LogP contribution in [0.2, 0.25) is 0 Å². The standard InChI is InChI=1S/C13H20OS/c14-12(9-8-11-6-7-11)3-1-4-13-5-2-10-15-13/h2,5,10-12,14H,1,3-4,6-9H2. The van der Waals surface area contributed by atoms with Gasteiger partial charge in [0.2, 0.25) is 0 Å². The van der Waals surface area contributed by atoms with Crippen LogP contribution in [0, 0.1) is 5.92 Å². The van der Waals surface area contributed by atoms with Crippen LogP contribution >= 0.6 is 11.3 Å². The Labute approximate surface area is 96.1 Å². The molecule has 0 spiro atoms. The third-order valence-electron chi connectivity index (χ3n) is 3.15. The highest BCUT2D eigenvalue weighted by Gasteiger charge is 2.21. The van der Waals surface area contributed by atoms with E-state index in [0.717, 1.165) is 31.6 Å². The van der Waals surface area contributed by atoms with Crippen molar-refractivity contribution in [2.75, 3.05) is 0 Å². The maximum Gasteiger partial charge on any atom is 0.0540 e. The van der Waals surface area contributed by atoms with Gasteiger partial charge in [-0.15, -0.1) is 11.3 Å². The number of aliphatic hydroxyl groups is 1. The number of hydrogen-bond donors (Lipinski definition) is 1. The fourth-order valence-electron chi connectivity index (χ4n) is 1.95. The molecule has 2 heteroatoms. The van der Waals surface area contributed by atoms with Crippen molar-refractivity contribution in [2.45, 2.75) is 51.0 Å². The summed E-state index contributed by atoms with van der Waals surface area (Å²) in [5.74, 6) is 0.956. The van der Waals surface area contributed by atoms with Crippen LogP contribution in [-0.4, -0.2) is 11.2 Å². The van der Waals surface area contributed by atoms with Crippen molar-refractivity contribution >= 4 is 11.3 Å². The molecule has 0 aliphatic heterocycles. The molecule has 1 fully saturated rings. The Morgan fingerprint density at radius 2 is 2.27 bits per heavy atom. The second kappa shape index (κ2) is 5.66. The first-order valence-electron chi connectivity index (χ1n) is 6.05. The Kier molecular flexibility index (Phi) is 4.21. The molecule has 15 heavy (non-hydrogen) atoms. The van der Waals surface area contributed by atoms with Gasteiger partial charge in [-0.05, 0) is 49.5 Å². The van der Waals surface area contributed by atoms with Crippen LogP contribution in [0.3, 0.4) is 0 Å². The summed E-state index contributed by atoms with van der Waals surface area (Å²) in [4.78, 5) is 1.45. The van der Waals surface area contributed by atoms with Crippen molar-refractivity contribution in [3.05, 3.63) is 22.4 Å². The van der Waals surface area contributed by atoms with E-state index in [0.29, 0.717) is 0 Å². The first-order valence-corrected chi connectivity index (χ1v) is 6.93. The third kappa shape index (κ3) is 4.35. The molecule has 2 rings (SSSR count). The predicted octanol–water partition coefficient (Wildman–Crippen LogP) is 3.62. The zero-order valence-corrected chi connectivity index (χ0v) is 10.0. The zero-order valence-electron chi connectivity index (χ0n) is 9.19. The van der Waals surface area contributed by atoms with Crippen LogP contribution in [0.25, 0.3) is 0 Å². The lowest BCUT2D eigenvalue weighted by molar-refractivity contribution is 0.147. The average Bonchev–Trinajstić information content (AvgIpc) is 2.92. The summed E-state index contributed by atoms with van der Waals surface area (Å²) in [6.45, 7) is 0. The van der Waals surface area contributed by atoms with Gasteiger partial charge in [-0.3, -0.25) is 0 Å². The van der Waals surface area contributed by atoms with Gasteiger partial charge < -0.3 is 5.11 Å². The molecule has 1 aliphatic rings. The van der Waals surface area contributed by atoms with Gasteiger partial charge in [0.15, 0.2) is 0 Å². The van der Waals surface area contributed by atoms with Gasteiger partial charge in [0.1, 0.15) is 0 Å². The van der Waals surface area contributed by atoms with Gasteiger partial charge in [-0.1, -0.05) is 18.9 Å². The van der Waals surface area contributed by atoms with Crippen molar-refractivity contribution < 1.29 is 5.11 Å². The molecule has 1 nitrogen and oxygen atoms in total. The topological polar surface area (TPSA) is 20.2 Å². The van der Waals surface area contributed by atoms with E-state index in [1.54, 1.807) is 0 Å². The van der Waals surface area contributed by atoms with Crippen LogP contribution in [0.1, 0.15) is 43.4 Å². The lowest BCUT2D eigenvalue weighted by Crippen LogP contribution is -2.06. The Balaban J connectivity index is 1.52. The largest absolute Gasteiger partial charge is 0.393 e. The molecule has 1 aromatic heterocycles. The van der Waals surface area contributed by atoms with E-state index in [9.17, 15) is 5.11 Å². The summed E-state index contributed by atoms with van der Waals surface area (Å²) in [5, 5.41) is 11.9. The van der Waals surface area contributed by atoms with Crippen LogP contribution in [0.15, 0.2) is 17.5 Å². The minimum absolute atomic E-state index is 0.0504. The van der Waals surface area contributed by atoms with Crippen molar-refractivity contribution in [2.24, 2.45) is 5.92 Å². The van der Waals surface area contributed by atoms with E-state index in [4.69, 9.17) is 0 Å². The molecule has 0 bridgehead atoms. The minimum atomic E-state index is -0.0504. The van der Waals surface area contributed by atoms with E-state index in [1.807, 2.05) is 11.3 Å². The van der Waals surface area contributed by atoms with E-state index < -0.39 is 0 Å². The monoisotopic (exact) mass is 224 g/mol. The average molecular weight is 224 g/mol. The molecule has 0 aromatic carbocycles. The van der Waals surface area contributed by atoms with Gasteiger partial charge in [0, 0.05) is 4.88 Å². The SMILES string of the molecule is OC(CCCc1cccs1)CCC1CC1. The minimum Gasteiger partial charge on any atom is -0.393 e. The second-order valence-electron chi connectivity index (χ2n) is 4.65. The summed E-state index contributed by atoms with van der Waals surface area (Å²) in [7, 11) is 0. The molecule has 0 radical (unpaired) electrons. The summed E-state index contributed by atoms with van der Waals surface area (Å²) in [5.41, 5.74) is 0. The third-order valence-corrected chi connectivity index (χ3v) is 4.08.